The van der Waals surface area contributed by atoms with E-state index in [1.54, 1.807) is 18.5 Å². The molecule has 0 fully saturated rings. The van der Waals surface area contributed by atoms with Gasteiger partial charge in [0.1, 0.15) is 5.82 Å². The van der Waals surface area contributed by atoms with Crippen LogP contribution in [-0.4, -0.2) is 15.9 Å². The number of nitrogens with zero attached hydrogens (tertiary/aromatic N) is 2. The molecule has 1 amide bonds. The average Bonchev–Trinajstić information content (AvgIpc) is 2.71. The van der Waals surface area contributed by atoms with Crippen molar-refractivity contribution < 1.29 is 9.18 Å². The van der Waals surface area contributed by atoms with Crippen molar-refractivity contribution >= 4 is 45.5 Å². The van der Waals surface area contributed by atoms with Crippen molar-refractivity contribution in [3.8, 4) is 0 Å². The Morgan fingerprint density at radius 1 is 1.00 bits per heavy atom. The van der Waals surface area contributed by atoms with Crippen molar-refractivity contribution in [2.24, 2.45) is 0 Å². The quantitative estimate of drug-likeness (QED) is 0.486. The number of halogens is 2. The Morgan fingerprint density at radius 2 is 1.86 bits per heavy atom. The molecule has 0 aliphatic rings. The molecule has 2 aromatic carbocycles. The van der Waals surface area contributed by atoms with E-state index in [0.29, 0.717) is 16.9 Å². The summed E-state index contributed by atoms with van der Waals surface area (Å²) in [6.07, 6.45) is 4.80. The van der Waals surface area contributed by atoms with Gasteiger partial charge in [-0.3, -0.25) is 14.8 Å². The maximum absolute atomic E-state index is 13.3. The lowest BCUT2D eigenvalue weighted by Gasteiger charge is -2.10. The highest BCUT2D eigenvalue weighted by atomic mass is 35.5. The SMILES string of the molecule is O=C(Nc1ccc(F)c(Cl)c1)c1cncc(Nc2cccc3cccnc23)c1. The molecule has 0 saturated heterocycles. The number of para-hydroxylation sites is 1. The molecule has 2 N–H and O–H groups in total. The predicted molar refractivity (Wildman–Crippen MR) is 109 cm³/mol. The molecule has 28 heavy (non-hydrogen) atoms. The second-order valence-corrected chi connectivity index (χ2v) is 6.46. The number of carbonyl (C=O) groups excluding carboxylic acids is 1. The first-order valence-electron chi connectivity index (χ1n) is 8.42. The van der Waals surface area contributed by atoms with Gasteiger partial charge in [-0.15, -0.1) is 0 Å². The van der Waals surface area contributed by atoms with Crippen molar-refractivity contribution in [2.45, 2.75) is 0 Å². The average molecular weight is 393 g/mol. The normalized spacial score (nSPS) is 10.6. The molecule has 4 aromatic rings. The van der Waals surface area contributed by atoms with Gasteiger partial charge in [0.2, 0.25) is 0 Å². The molecule has 5 nitrogen and oxygen atoms in total. The van der Waals surface area contributed by atoms with Gasteiger partial charge >= 0.3 is 0 Å². The molecule has 2 heterocycles. The molecule has 0 radical (unpaired) electrons. The Labute approximate surface area is 165 Å². The second-order valence-electron chi connectivity index (χ2n) is 6.05. The summed E-state index contributed by atoms with van der Waals surface area (Å²) in [5.74, 6) is -0.925. The van der Waals surface area contributed by atoms with E-state index < -0.39 is 5.82 Å². The number of rotatable bonds is 4. The third kappa shape index (κ3) is 3.77. The molecule has 4 rings (SSSR count). The van der Waals surface area contributed by atoms with Gasteiger partial charge in [-0.05, 0) is 36.4 Å². The Morgan fingerprint density at radius 3 is 2.71 bits per heavy atom. The zero-order valence-electron chi connectivity index (χ0n) is 14.5. The van der Waals surface area contributed by atoms with Gasteiger partial charge in [0.05, 0.1) is 33.7 Å². The molecule has 0 atom stereocenters. The molecular weight excluding hydrogens is 379 g/mol. The summed E-state index contributed by atoms with van der Waals surface area (Å²) in [4.78, 5) is 21.0. The van der Waals surface area contributed by atoms with Crippen LogP contribution in [0.5, 0.6) is 0 Å². The standard InChI is InChI=1S/C21H14ClFN4O/c22-17-10-15(6-7-18(17)23)27-21(28)14-9-16(12-24-11-14)26-19-5-1-3-13-4-2-8-25-20(13)19/h1-12,26H,(H,27,28). The van der Waals surface area contributed by atoms with Crippen molar-refractivity contribution in [1.82, 2.24) is 9.97 Å². The summed E-state index contributed by atoms with van der Waals surface area (Å²) in [5, 5.41) is 6.87. The maximum Gasteiger partial charge on any atom is 0.257 e. The van der Waals surface area contributed by atoms with Crippen molar-refractivity contribution in [1.29, 1.82) is 0 Å². The highest BCUT2D eigenvalue weighted by Crippen LogP contribution is 2.25. The van der Waals surface area contributed by atoms with E-state index in [1.807, 2.05) is 30.3 Å². The number of benzene rings is 2. The highest BCUT2D eigenvalue weighted by molar-refractivity contribution is 6.31. The zero-order chi connectivity index (χ0) is 19.5. The van der Waals surface area contributed by atoms with Crippen molar-refractivity contribution in [3.05, 3.63) is 89.6 Å². The lowest BCUT2D eigenvalue weighted by molar-refractivity contribution is 0.102. The number of carbonyl (C=O) groups is 1. The third-order valence-corrected chi connectivity index (χ3v) is 4.38. The van der Waals surface area contributed by atoms with Gasteiger partial charge in [-0.25, -0.2) is 4.39 Å². The first kappa shape index (κ1) is 17.9. The fourth-order valence-electron chi connectivity index (χ4n) is 2.77. The van der Waals surface area contributed by atoms with E-state index in [9.17, 15) is 9.18 Å². The molecule has 0 aliphatic heterocycles. The van der Waals surface area contributed by atoms with E-state index >= 15 is 0 Å². The van der Waals surface area contributed by atoms with Crippen LogP contribution in [0.3, 0.4) is 0 Å². The Kier molecular flexibility index (Phi) is 4.87. The van der Waals surface area contributed by atoms with Crippen molar-refractivity contribution in [2.75, 3.05) is 10.6 Å². The van der Waals surface area contributed by atoms with Gasteiger partial charge < -0.3 is 10.6 Å². The molecule has 0 unspecified atom stereocenters. The van der Waals surface area contributed by atoms with E-state index in [0.717, 1.165) is 16.6 Å². The lowest BCUT2D eigenvalue weighted by atomic mass is 10.2. The Balaban J connectivity index is 1.57. The number of aromatic nitrogens is 2. The highest BCUT2D eigenvalue weighted by Gasteiger charge is 2.10. The first-order valence-corrected chi connectivity index (χ1v) is 8.80. The fourth-order valence-corrected chi connectivity index (χ4v) is 2.95. The Hall–Kier alpha value is -3.51. The van der Waals surface area contributed by atoms with Crippen LogP contribution >= 0.6 is 11.6 Å². The molecule has 7 heteroatoms. The van der Waals surface area contributed by atoms with E-state index in [2.05, 4.69) is 20.6 Å². The molecule has 0 bridgehead atoms. The molecule has 0 spiro atoms. The number of fused-ring (bicyclic) bond motifs is 1. The molecule has 138 valence electrons. The van der Waals surface area contributed by atoms with Gasteiger partial charge in [-0.2, -0.15) is 0 Å². The van der Waals surface area contributed by atoms with Crippen LogP contribution in [0.15, 0.2) is 73.2 Å². The predicted octanol–water partition coefficient (Wildman–Crippen LogP) is 5.42. The summed E-state index contributed by atoms with van der Waals surface area (Å²) >= 11 is 5.75. The number of amides is 1. The van der Waals surface area contributed by atoms with Crippen LogP contribution in [-0.2, 0) is 0 Å². The lowest BCUT2D eigenvalue weighted by Crippen LogP contribution is -2.12. The van der Waals surface area contributed by atoms with Crippen LogP contribution in [0, 0.1) is 5.82 Å². The zero-order valence-corrected chi connectivity index (χ0v) is 15.2. The van der Waals surface area contributed by atoms with Gasteiger partial charge in [-0.1, -0.05) is 29.8 Å². The number of hydrogen-bond donors (Lipinski definition) is 2. The number of anilines is 3. The summed E-state index contributed by atoms with van der Waals surface area (Å²) in [5.41, 5.74) is 3.01. The minimum Gasteiger partial charge on any atom is -0.352 e. The molecular formula is C21H14ClFN4O. The van der Waals surface area contributed by atoms with Gasteiger partial charge in [0.15, 0.2) is 0 Å². The van der Waals surface area contributed by atoms with Crippen LogP contribution < -0.4 is 10.6 Å². The number of pyridine rings is 2. The third-order valence-electron chi connectivity index (χ3n) is 4.09. The van der Waals surface area contributed by atoms with E-state index in [1.165, 1.54) is 24.4 Å². The van der Waals surface area contributed by atoms with Crippen LogP contribution in [0.1, 0.15) is 10.4 Å². The second kappa shape index (κ2) is 7.62. The number of hydrogen-bond acceptors (Lipinski definition) is 4. The largest absolute Gasteiger partial charge is 0.352 e. The topological polar surface area (TPSA) is 66.9 Å². The smallest absolute Gasteiger partial charge is 0.257 e. The summed E-state index contributed by atoms with van der Waals surface area (Å²) in [6, 6.07) is 15.3. The van der Waals surface area contributed by atoms with Gasteiger partial charge in [0, 0.05) is 23.5 Å². The van der Waals surface area contributed by atoms with E-state index in [-0.39, 0.29) is 10.9 Å². The maximum atomic E-state index is 13.3. The minimum absolute atomic E-state index is 0.0604. The fraction of sp³-hybridized carbons (Fsp3) is 0. The summed E-state index contributed by atoms with van der Waals surface area (Å²) < 4.78 is 13.3. The molecule has 0 saturated carbocycles. The summed E-state index contributed by atoms with van der Waals surface area (Å²) in [7, 11) is 0. The first-order chi connectivity index (χ1) is 13.6. The van der Waals surface area contributed by atoms with Gasteiger partial charge in [0.25, 0.3) is 5.91 Å². The monoisotopic (exact) mass is 392 g/mol. The van der Waals surface area contributed by atoms with Crippen LogP contribution in [0.2, 0.25) is 5.02 Å². The van der Waals surface area contributed by atoms with Crippen LogP contribution in [0.4, 0.5) is 21.5 Å². The van der Waals surface area contributed by atoms with E-state index in [4.69, 9.17) is 11.6 Å². The minimum atomic E-state index is -0.545. The molecule has 0 aliphatic carbocycles. The molecule has 2 aromatic heterocycles. The van der Waals surface area contributed by atoms with Crippen LogP contribution in [0.25, 0.3) is 10.9 Å². The number of nitrogens with one attached hydrogen (secondary N) is 2. The Bertz CT molecular complexity index is 1180. The summed E-state index contributed by atoms with van der Waals surface area (Å²) in [6.45, 7) is 0. The van der Waals surface area contributed by atoms with Crippen molar-refractivity contribution in [3.63, 3.8) is 0 Å².